The Bertz CT molecular complexity index is 408. The molecule has 0 radical (unpaired) electrons. The summed E-state index contributed by atoms with van der Waals surface area (Å²) in [7, 11) is 0. The fraction of sp³-hybridized carbons (Fsp3) is 0.647. The van der Waals surface area contributed by atoms with E-state index in [1.165, 1.54) is 49.7 Å². The van der Waals surface area contributed by atoms with Crippen LogP contribution in [0.5, 0.6) is 0 Å². The second-order valence-electron chi connectivity index (χ2n) is 6.40. The molecule has 2 fully saturated rings. The van der Waals surface area contributed by atoms with Crippen LogP contribution in [0, 0.1) is 11.8 Å². The molecule has 2 aliphatic rings. The van der Waals surface area contributed by atoms with Crippen LogP contribution in [0.25, 0.3) is 0 Å². The van der Waals surface area contributed by atoms with Crippen molar-refractivity contribution in [2.24, 2.45) is 17.6 Å². The van der Waals surface area contributed by atoms with Gasteiger partial charge in [-0.3, -0.25) is 0 Å². The lowest BCUT2D eigenvalue weighted by molar-refractivity contribution is 0.350. The van der Waals surface area contributed by atoms with Gasteiger partial charge in [-0.2, -0.15) is 0 Å². The minimum absolute atomic E-state index is 0.252. The van der Waals surface area contributed by atoms with E-state index in [1.807, 2.05) is 0 Å². The summed E-state index contributed by atoms with van der Waals surface area (Å²) < 4.78 is 0. The molecule has 98 valence electrons. The van der Waals surface area contributed by atoms with E-state index in [2.05, 4.69) is 31.2 Å². The lowest BCUT2D eigenvalue weighted by Gasteiger charge is -2.28. The summed E-state index contributed by atoms with van der Waals surface area (Å²) in [5, 5.41) is 0. The quantitative estimate of drug-likeness (QED) is 0.837. The zero-order valence-electron chi connectivity index (χ0n) is 11.4. The molecular weight excluding hydrogens is 218 g/mol. The second-order valence-corrected chi connectivity index (χ2v) is 6.40. The average molecular weight is 243 g/mol. The highest BCUT2D eigenvalue weighted by molar-refractivity contribution is 5.30. The molecule has 3 unspecified atom stereocenters. The summed E-state index contributed by atoms with van der Waals surface area (Å²) in [6, 6.07) is 9.38. The van der Waals surface area contributed by atoms with Gasteiger partial charge in [0.25, 0.3) is 0 Å². The maximum Gasteiger partial charge on any atom is 0.0326 e. The van der Waals surface area contributed by atoms with Crippen LogP contribution in [0.15, 0.2) is 24.3 Å². The molecule has 3 atom stereocenters. The zero-order chi connectivity index (χ0) is 12.5. The van der Waals surface area contributed by atoms with Crippen LogP contribution >= 0.6 is 0 Å². The number of hydrogen-bond donors (Lipinski definition) is 1. The molecule has 0 aliphatic heterocycles. The third-order valence-corrected chi connectivity index (χ3v) is 5.26. The maximum absolute atomic E-state index is 6.52. The Kier molecular flexibility index (Phi) is 3.43. The number of nitrogens with two attached hydrogens (primary N) is 1. The molecule has 0 heterocycles. The first-order valence-corrected chi connectivity index (χ1v) is 7.61. The number of hydrogen-bond acceptors (Lipinski definition) is 1. The molecule has 18 heavy (non-hydrogen) atoms. The summed E-state index contributed by atoms with van der Waals surface area (Å²) in [6.07, 6.45) is 8.19. The summed E-state index contributed by atoms with van der Waals surface area (Å²) in [6.45, 7) is 2.37. The fourth-order valence-corrected chi connectivity index (χ4v) is 3.72. The van der Waals surface area contributed by atoms with E-state index < -0.39 is 0 Å². The molecule has 1 aromatic carbocycles. The monoisotopic (exact) mass is 243 g/mol. The summed E-state index contributed by atoms with van der Waals surface area (Å²) in [5.74, 6) is 2.31. The van der Waals surface area contributed by atoms with E-state index in [0.29, 0.717) is 5.92 Å². The van der Waals surface area contributed by atoms with Crippen molar-refractivity contribution in [3.8, 4) is 0 Å². The van der Waals surface area contributed by atoms with Crippen LogP contribution in [-0.2, 0) is 0 Å². The van der Waals surface area contributed by atoms with E-state index >= 15 is 0 Å². The Morgan fingerprint density at radius 2 is 1.89 bits per heavy atom. The van der Waals surface area contributed by atoms with Gasteiger partial charge in [-0.25, -0.2) is 0 Å². The van der Waals surface area contributed by atoms with Crippen molar-refractivity contribution in [1.29, 1.82) is 0 Å². The van der Waals surface area contributed by atoms with Crippen molar-refractivity contribution < 1.29 is 0 Å². The largest absolute Gasteiger partial charge is 0.324 e. The van der Waals surface area contributed by atoms with Gasteiger partial charge in [-0.05, 0) is 48.1 Å². The first-order chi connectivity index (χ1) is 8.75. The Hall–Kier alpha value is -0.820. The minimum Gasteiger partial charge on any atom is -0.324 e. The molecule has 0 spiro atoms. The summed E-state index contributed by atoms with van der Waals surface area (Å²) >= 11 is 0. The predicted molar refractivity (Wildman–Crippen MR) is 76.5 cm³/mol. The highest BCUT2D eigenvalue weighted by Crippen LogP contribution is 2.41. The highest BCUT2D eigenvalue weighted by Gasteiger charge is 2.30. The van der Waals surface area contributed by atoms with Crippen LogP contribution in [0.4, 0.5) is 0 Å². The van der Waals surface area contributed by atoms with E-state index in [-0.39, 0.29) is 6.04 Å². The summed E-state index contributed by atoms with van der Waals surface area (Å²) in [4.78, 5) is 0. The third kappa shape index (κ3) is 2.21. The molecule has 0 amide bonds. The van der Waals surface area contributed by atoms with E-state index in [0.717, 1.165) is 11.8 Å². The van der Waals surface area contributed by atoms with E-state index in [1.54, 1.807) is 0 Å². The van der Waals surface area contributed by atoms with Gasteiger partial charge in [-0.1, -0.05) is 50.5 Å². The second kappa shape index (κ2) is 5.05. The van der Waals surface area contributed by atoms with Gasteiger partial charge in [-0.15, -0.1) is 0 Å². The molecule has 2 aliphatic carbocycles. The Morgan fingerprint density at radius 3 is 2.50 bits per heavy atom. The minimum atomic E-state index is 0.252. The van der Waals surface area contributed by atoms with Crippen LogP contribution < -0.4 is 5.73 Å². The Morgan fingerprint density at radius 1 is 1.11 bits per heavy atom. The van der Waals surface area contributed by atoms with Crippen molar-refractivity contribution in [2.75, 3.05) is 0 Å². The highest BCUT2D eigenvalue weighted by atomic mass is 14.7. The van der Waals surface area contributed by atoms with Crippen LogP contribution in [0.1, 0.15) is 68.5 Å². The van der Waals surface area contributed by atoms with Crippen molar-refractivity contribution >= 4 is 0 Å². The lowest BCUT2D eigenvalue weighted by Crippen LogP contribution is -2.23. The standard InChI is InChI=1S/C17H25N/c1-12-5-2-10-16(12)17(18)15-9-4-8-14(11-15)13-6-3-7-13/h4,8-9,11-13,16-17H,2-3,5-7,10,18H2,1H3. The van der Waals surface area contributed by atoms with Crippen LogP contribution in [0.3, 0.4) is 0 Å². The molecule has 2 N–H and O–H groups in total. The zero-order valence-corrected chi connectivity index (χ0v) is 11.4. The van der Waals surface area contributed by atoms with Gasteiger partial charge >= 0.3 is 0 Å². The van der Waals surface area contributed by atoms with E-state index in [4.69, 9.17) is 5.73 Å². The number of benzene rings is 1. The molecular formula is C17H25N. The topological polar surface area (TPSA) is 26.0 Å². The third-order valence-electron chi connectivity index (χ3n) is 5.26. The van der Waals surface area contributed by atoms with Gasteiger partial charge in [0, 0.05) is 6.04 Å². The smallest absolute Gasteiger partial charge is 0.0326 e. The Balaban J connectivity index is 1.78. The average Bonchev–Trinajstić information content (AvgIpc) is 2.73. The van der Waals surface area contributed by atoms with Gasteiger partial charge in [0.05, 0.1) is 0 Å². The first-order valence-electron chi connectivity index (χ1n) is 7.61. The van der Waals surface area contributed by atoms with Crippen molar-refractivity contribution in [3.63, 3.8) is 0 Å². The van der Waals surface area contributed by atoms with Gasteiger partial charge in [0.1, 0.15) is 0 Å². The molecule has 1 nitrogen and oxygen atoms in total. The van der Waals surface area contributed by atoms with Gasteiger partial charge in [0.15, 0.2) is 0 Å². The van der Waals surface area contributed by atoms with Crippen LogP contribution in [0.2, 0.25) is 0 Å². The number of rotatable bonds is 3. The first kappa shape index (κ1) is 12.2. The summed E-state index contributed by atoms with van der Waals surface area (Å²) in [5.41, 5.74) is 9.42. The Labute approximate surface area is 111 Å². The molecule has 0 bridgehead atoms. The normalized spacial score (nSPS) is 30.1. The lowest BCUT2D eigenvalue weighted by atomic mass is 9.78. The van der Waals surface area contributed by atoms with Crippen molar-refractivity contribution in [3.05, 3.63) is 35.4 Å². The molecule has 3 rings (SSSR count). The molecule has 0 aromatic heterocycles. The van der Waals surface area contributed by atoms with Crippen molar-refractivity contribution in [2.45, 2.75) is 57.4 Å². The predicted octanol–water partition coefficient (Wildman–Crippen LogP) is 4.39. The molecule has 1 aromatic rings. The van der Waals surface area contributed by atoms with Crippen molar-refractivity contribution in [1.82, 2.24) is 0 Å². The van der Waals surface area contributed by atoms with Gasteiger partial charge < -0.3 is 5.73 Å². The molecule has 2 saturated carbocycles. The molecule has 0 saturated heterocycles. The molecule has 1 heteroatoms. The maximum atomic E-state index is 6.52. The van der Waals surface area contributed by atoms with E-state index in [9.17, 15) is 0 Å². The van der Waals surface area contributed by atoms with Gasteiger partial charge in [0.2, 0.25) is 0 Å². The van der Waals surface area contributed by atoms with Crippen LogP contribution in [-0.4, -0.2) is 0 Å². The SMILES string of the molecule is CC1CCCC1C(N)c1cccc(C2CCC2)c1. The fourth-order valence-electron chi connectivity index (χ4n) is 3.72.